The van der Waals surface area contributed by atoms with E-state index in [-0.39, 0.29) is 0 Å². The largest absolute Gasteiger partial charge is 0.314 e. The first-order valence-electron chi connectivity index (χ1n) is 5.41. The lowest BCUT2D eigenvalue weighted by Crippen LogP contribution is -1.94. The van der Waals surface area contributed by atoms with Crippen molar-refractivity contribution < 1.29 is 4.79 Å². The minimum Gasteiger partial charge on any atom is -0.314 e. The molecule has 2 nitrogen and oxygen atoms in total. The van der Waals surface area contributed by atoms with Gasteiger partial charge in [0.2, 0.25) is 0 Å². The second-order valence-corrected chi connectivity index (χ2v) is 3.77. The number of rotatable bonds is 4. The molecule has 0 aliphatic heterocycles. The molecule has 0 bridgehead atoms. The third-order valence-electron chi connectivity index (χ3n) is 2.71. The molecule has 0 fully saturated rings. The van der Waals surface area contributed by atoms with Gasteiger partial charge in [-0.1, -0.05) is 19.4 Å². The summed E-state index contributed by atoms with van der Waals surface area (Å²) in [6.07, 6.45) is 6.18. The topological polar surface area (TPSA) is 21.5 Å². The molecule has 15 heavy (non-hydrogen) atoms. The number of nitrogens with zero attached hydrogens (tertiary/aromatic N) is 1. The van der Waals surface area contributed by atoms with Crippen LogP contribution in [0.3, 0.4) is 0 Å². The molecular formula is C13H15NO. The zero-order chi connectivity index (χ0) is 10.7. The molecule has 0 aromatic carbocycles. The fraction of sp³-hybridized carbons (Fsp3) is 0.308. The number of aromatic nitrogens is 1. The van der Waals surface area contributed by atoms with E-state index >= 15 is 0 Å². The molecule has 2 heterocycles. The molecule has 78 valence electrons. The van der Waals surface area contributed by atoms with E-state index in [9.17, 15) is 4.79 Å². The zero-order valence-corrected chi connectivity index (χ0v) is 8.94. The van der Waals surface area contributed by atoms with Crippen LogP contribution >= 0.6 is 0 Å². The van der Waals surface area contributed by atoms with Crippen molar-refractivity contribution in [2.45, 2.75) is 26.2 Å². The maximum absolute atomic E-state index is 11.0. The van der Waals surface area contributed by atoms with Crippen molar-refractivity contribution in [2.24, 2.45) is 0 Å². The Morgan fingerprint density at radius 1 is 1.40 bits per heavy atom. The normalized spacial score (nSPS) is 10.7. The highest BCUT2D eigenvalue weighted by molar-refractivity contribution is 5.78. The van der Waals surface area contributed by atoms with E-state index in [0.29, 0.717) is 0 Å². The minimum atomic E-state index is 0.805. The summed E-state index contributed by atoms with van der Waals surface area (Å²) in [5.74, 6) is 0. The number of carbonyl (C=O) groups excluding carboxylic acids is 1. The van der Waals surface area contributed by atoms with Crippen molar-refractivity contribution >= 4 is 11.8 Å². The minimum absolute atomic E-state index is 0.805. The molecule has 2 heteroatoms. The van der Waals surface area contributed by atoms with Gasteiger partial charge in [-0.2, -0.15) is 0 Å². The highest BCUT2D eigenvalue weighted by Gasteiger charge is 2.07. The number of aryl methyl sites for hydroxylation is 1. The van der Waals surface area contributed by atoms with Gasteiger partial charge < -0.3 is 4.40 Å². The molecule has 0 aliphatic carbocycles. The van der Waals surface area contributed by atoms with E-state index in [1.165, 1.54) is 0 Å². The van der Waals surface area contributed by atoms with Gasteiger partial charge in [0, 0.05) is 11.7 Å². The molecular weight excluding hydrogens is 186 g/mol. The first kappa shape index (κ1) is 9.97. The predicted molar refractivity (Wildman–Crippen MR) is 61.4 cm³/mol. The summed E-state index contributed by atoms with van der Waals surface area (Å²) in [5, 5.41) is 0. The van der Waals surface area contributed by atoms with Crippen molar-refractivity contribution in [3.05, 3.63) is 41.7 Å². The van der Waals surface area contributed by atoms with E-state index in [4.69, 9.17) is 0 Å². The van der Waals surface area contributed by atoms with Gasteiger partial charge in [-0.25, -0.2) is 0 Å². The number of aldehydes is 1. The van der Waals surface area contributed by atoms with Gasteiger partial charge in [0.25, 0.3) is 0 Å². The summed E-state index contributed by atoms with van der Waals surface area (Å²) in [5.41, 5.74) is 3.07. The number of pyridine rings is 1. The monoisotopic (exact) mass is 201 g/mol. The lowest BCUT2D eigenvalue weighted by atomic mass is 10.1. The van der Waals surface area contributed by atoms with Gasteiger partial charge in [0.15, 0.2) is 6.29 Å². The molecule has 0 N–H and O–H groups in total. The van der Waals surface area contributed by atoms with Crippen LogP contribution in [0.5, 0.6) is 0 Å². The molecule has 0 amide bonds. The van der Waals surface area contributed by atoms with Crippen LogP contribution in [0.4, 0.5) is 0 Å². The van der Waals surface area contributed by atoms with Gasteiger partial charge >= 0.3 is 0 Å². The number of hydrogen-bond acceptors (Lipinski definition) is 1. The molecule has 0 saturated heterocycles. The van der Waals surface area contributed by atoms with Crippen LogP contribution in [0.1, 0.15) is 35.8 Å². The Bertz CT molecular complexity index is 470. The maximum atomic E-state index is 11.0. The molecule has 0 spiro atoms. The second-order valence-electron chi connectivity index (χ2n) is 3.77. The Morgan fingerprint density at radius 3 is 3.00 bits per heavy atom. The summed E-state index contributed by atoms with van der Waals surface area (Å²) in [4.78, 5) is 11.0. The van der Waals surface area contributed by atoms with Crippen molar-refractivity contribution in [1.29, 1.82) is 0 Å². The van der Waals surface area contributed by atoms with E-state index in [1.54, 1.807) is 0 Å². The first-order valence-corrected chi connectivity index (χ1v) is 5.41. The Hall–Kier alpha value is -1.57. The first-order chi connectivity index (χ1) is 7.36. The summed E-state index contributed by atoms with van der Waals surface area (Å²) >= 11 is 0. The van der Waals surface area contributed by atoms with Crippen LogP contribution in [0.25, 0.3) is 5.52 Å². The van der Waals surface area contributed by atoms with Gasteiger partial charge in [0.05, 0.1) is 5.69 Å². The Labute approximate surface area is 89.5 Å². The number of carbonyl (C=O) groups is 1. The highest BCUT2D eigenvalue weighted by atomic mass is 16.1. The van der Waals surface area contributed by atoms with Crippen LogP contribution in [-0.2, 0) is 6.42 Å². The molecule has 0 aliphatic rings. The maximum Gasteiger partial charge on any atom is 0.167 e. The fourth-order valence-corrected chi connectivity index (χ4v) is 1.90. The zero-order valence-electron chi connectivity index (χ0n) is 8.94. The quantitative estimate of drug-likeness (QED) is 0.696. The van der Waals surface area contributed by atoms with Gasteiger partial charge in [0.1, 0.15) is 0 Å². The van der Waals surface area contributed by atoms with E-state index < -0.39 is 0 Å². The van der Waals surface area contributed by atoms with E-state index in [2.05, 4.69) is 13.0 Å². The third-order valence-corrected chi connectivity index (χ3v) is 2.71. The molecule has 2 aromatic rings. The van der Waals surface area contributed by atoms with Crippen LogP contribution in [0.15, 0.2) is 30.5 Å². The Balaban J connectivity index is 2.49. The number of fused-ring (bicyclic) bond motifs is 1. The Kier molecular flexibility index (Phi) is 2.86. The summed E-state index contributed by atoms with van der Waals surface area (Å²) < 4.78 is 1.96. The van der Waals surface area contributed by atoms with E-state index in [0.717, 1.165) is 42.3 Å². The average Bonchev–Trinajstić information content (AvgIpc) is 2.63. The summed E-state index contributed by atoms with van der Waals surface area (Å²) in [6.45, 7) is 2.16. The molecule has 2 aromatic heterocycles. The fourth-order valence-electron chi connectivity index (χ4n) is 1.90. The van der Waals surface area contributed by atoms with Crippen LogP contribution < -0.4 is 0 Å². The van der Waals surface area contributed by atoms with Crippen molar-refractivity contribution in [3.8, 4) is 0 Å². The van der Waals surface area contributed by atoms with E-state index in [1.807, 2.05) is 28.8 Å². The molecule has 0 saturated carbocycles. The molecule has 0 unspecified atom stereocenters. The molecule has 2 rings (SSSR count). The van der Waals surface area contributed by atoms with Crippen molar-refractivity contribution in [3.63, 3.8) is 0 Å². The number of hydrogen-bond donors (Lipinski definition) is 0. The standard InChI is InChI=1S/C13H15NO/c1-2-3-6-11-9-12-7-4-5-8-14(12)13(11)10-15/h4-5,7-10H,2-3,6H2,1H3. The van der Waals surface area contributed by atoms with Crippen LogP contribution in [0, 0.1) is 0 Å². The average molecular weight is 201 g/mol. The predicted octanol–water partition coefficient (Wildman–Crippen LogP) is 3.09. The summed E-state index contributed by atoms with van der Waals surface area (Å²) in [7, 11) is 0. The van der Waals surface area contributed by atoms with Gasteiger partial charge in [-0.3, -0.25) is 4.79 Å². The van der Waals surface area contributed by atoms with Gasteiger partial charge in [-0.05, 0) is 36.6 Å². The summed E-state index contributed by atoms with van der Waals surface area (Å²) in [6, 6.07) is 8.08. The van der Waals surface area contributed by atoms with Crippen molar-refractivity contribution in [1.82, 2.24) is 4.40 Å². The van der Waals surface area contributed by atoms with Crippen molar-refractivity contribution in [2.75, 3.05) is 0 Å². The SMILES string of the molecule is CCCCc1cc2ccccn2c1C=O. The molecule has 0 atom stereocenters. The number of unbranched alkanes of at least 4 members (excludes halogenated alkanes) is 1. The second kappa shape index (κ2) is 4.30. The van der Waals surface area contributed by atoms with Crippen LogP contribution in [0.2, 0.25) is 0 Å². The van der Waals surface area contributed by atoms with Gasteiger partial charge in [-0.15, -0.1) is 0 Å². The smallest absolute Gasteiger partial charge is 0.167 e. The third kappa shape index (κ3) is 1.80. The highest BCUT2D eigenvalue weighted by Crippen LogP contribution is 2.17. The lowest BCUT2D eigenvalue weighted by molar-refractivity contribution is 0.111. The Morgan fingerprint density at radius 2 is 2.27 bits per heavy atom. The van der Waals surface area contributed by atoms with Crippen LogP contribution in [-0.4, -0.2) is 10.7 Å². The lowest BCUT2D eigenvalue weighted by Gasteiger charge is -1.98. The molecule has 0 radical (unpaired) electrons.